The number of anilines is 2. The number of carbonyl (C=O) groups is 1. The fourth-order valence-electron chi connectivity index (χ4n) is 2.90. The van der Waals surface area contributed by atoms with Crippen LogP contribution in [0.5, 0.6) is 0 Å². The number of carbonyl (C=O) groups excluding carboxylic acids is 1. The lowest BCUT2D eigenvalue weighted by atomic mass is 10.3. The summed E-state index contributed by atoms with van der Waals surface area (Å²) >= 11 is 0. The van der Waals surface area contributed by atoms with Gasteiger partial charge in [0, 0.05) is 51.1 Å². The average molecular weight is 357 g/mol. The molecule has 2 aromatic heterocycles. The molecule has 1 amide bonds. The topological polar surface area (TPSA) is 96.2 Å². The zero-order chi connectivity index (χ0) is 18.5. The molecule has 138 valence electrons. The van der Waals surface area contributed by atoms with Crippen LogP contribution in [0.4, 0.5) is 11.6 Å². The van der Waals surface area contributed by atoms with Crippen molar-refractivity contribution in [2.24, 2.45) is 0 Å². The van der Waals surface area contributed by atoms with Crippen LogP contribution in [0, 0.1) is 6.92 Å². The van der Waals surface area contributed by atoms with Gasteiger partial charge >= 0.3 is 0 Å². The Balaban J connectivity index is 1.61. The van der Waals surface area contributed by atoms with Crippen molar-refractivity contribution in [2.45, 2.75) is 20.4 Å². The summed E-state index contributed by atoms with van der Waals surface area (Å²) in [6, 6.07) is 4.90. The number of nitrogens with one attached hydrogen (secondary N) is 1. The predicted molar refractivity (Wildman–Crippen MR) is 98.2 cm³/mol. The fourth-order valence-corrected chi connectivity index (χ4v) is 2.90. The molecule has 0 atom stereocenters. The van der Waals surface area contributed by atoms with Crippen LogP contribution in [0.15, 0.2) is 29.2 Å². The quantitative estimate of drug-likeness (QED) is 0.812. The molecule has 1 saturated heterocycles. The Kier molecular flexibility index (Phi) is 5.45. The number of nitrogens with zero attached hydrogens (tertiary/aromatic N) is 6. The SMILES string of the molecule is CCNc1cc(N2CCN(C(=O)Cn3ncccc3=O)CC2)nc(C)n1. The zero-order valence-electron chi connectivity index (χ0n) is 15.1. The second-order valence-electron chi connectivity index (χ2n) is 6.08. The van der Waals surface area contributed by atoms with E-state index in [4.69, 9.17) is 0 Å². The van der Waals surface area contributed by atoms with E-state index in [0.29, 0.717) is 32.0 Å². The Hall–Kier alpha value is -2.97. The third-order valence-corrected chi connectivity index (χ3v) is 4.21. The van der Waals surface area contributed by atoms with Gasteiger partial charge in [-0.3, -0.25) is 9.59 Å². The van der Waals surface area contributed by atoms with Crippen LogP contribution in [-0.4, -0.2) is 63.3 Å². The Bertz CT molecular complexity index is 828. The molecular formula is C17H23N7O2. The average Bonchev–Trinajstić information content (AvgIpc) is 2.63. The van der Waals surface area contributed by atoms with Crippen molar-refractivity contribution >= 4 is 17.5 Å². The first kappa shape index (κ1) is 17.8. The van der Waals surface area contributed by atoms with Crippen molar-refractivity contribution in [2.75, 3.05) is 42.9 Å². The second-order valence-corrected chi connectivity index (χ2v) is 6.08. The summed E-state index contributed by atoms with van der Waals surface area (Å²) in [7, 11) is 0. The van der Waals surface area contributed by atoms with Gasteiger partial charge in [-0.1, -0.05) is 0 Å². The molecule has 0 bridgehead atoms. The third-order valence-electron chi connectivity index (χ3n) is 4.21. The van der Waals surface area contributed by atoms with Crippen LogP contribution in [0.2, 0.25) is 0 Å². The van der Waals surface area contributed by atoms with Gasteiger partial charge in [-0.05, 0) is 19.9 Å². The molecule has 0 spiro atoms. The van der Waals surface area contributed by atoms with Gasteiger partial charge < -0.3 is 15.1 Å². The normalized spacial score (nSPS) is 14.4. The van der Waals surface area contributed by atoms with E-state index in [1.165, 1.54) is 16.9 Å². The third kappa shape index (κ3) is 4.16. The zero-order valence-corrected chi connectivity index (χ0v) is 15.1. The molecule has 3 rings (SSSR count). The maximum Gasteiger partial charge on any atom is 0.267 e. The summed E-state index contributed by atoms with van der Waals surface area (Å²) in [6.45, 7) is 7.20. The van der Waals surface area contributed by atoms with E-state index in [2.05, 4.69) is 25.3 Å². The standard InChI is InChI=1S/C17H23N7O2/c1-3-18-14-11-15(21-13(2)20-14)22-7-9-23(10-8-22)17(26)12-24-16(25)5-4-6-19-24/h4-6,11H,3,7-10,12H2,1-2H3,(H,18,20,21). The molecule has 0 radical (unpaired) electrons. The molecule has 0 aromatic carbocycles. The van der Waals surface area contributed by atoms with Gasteiger partial charge in [-0.15, -0.1) is 0 Å². The van der Waals surface area contributed by atoms with Crippen LogP contribution in [0.1, 0.15) is 12.7 Å². The first-order chi connectivity index (χ1) is 12.6. The molecule has 26 heavy (non-hydrogen) atoms. The Morgan fingerprint density at radius 1 is 1.23 bits per heavy atom. The van der Waals surface area contributed by atoms with E-state index in [1.807, 2.05) is 19.9 Å². The smallest absolute Gasteiger partial charge is 0.267 e. The fraction of sp³-hybridized carbons (Fsp3) is 0.471. The van der Waals surface area contributed by atoms with Crippen molar-refractivity contribution in [3.8, 4) is 0 Å². The largest absolute Gasteiger partial charge is 0.370 e. The van der Waals surface area contributed by atoms with Crippen LogP contribution in [-0.2, 0) is 11.3 Å². The minimum atomic E-state index is -0.271. The van der Waals surface area contributed by atoms with E-state index in [9.17, 15) is 9.59 Å². The molecule has 0 unspecified atom stereocenters. The molecule has 9 nitrogen and oxygen atoms in total. The van der Waals surface area contributed by atoms with E-state index in [0.717, 1.165) is 18.2 Å². The highest BCUT2D eigenvalue weighted by atomic mass is 16.2. The lowest BCUT2D eigenvalue weighted by Gasteiger charge is -2.35. The maximum absolute atomic E-state index is 12.4. The Labute approximate surface area is 151 Å². The van der Waals surface area contributed by atoms with E-state index < -0.39 is 0 Å². The van der Waals surface area contributed by atoms with Gasteiger partial charge in [0.2, 0.25) is 5.91 Å². The Morgan fingerprint density at radius 3 is 2.69 bits per heavy atom. The number of amides is 1. The lowest BCUT2D eigenvalue weighted by molar-refractivity contribution is -0.132. The van der Waals surface area contributed by atoms with Crippen LogP contribution >= 0.6 is 0 Å². The van der Waals surface area contributed by atoms with Crippen molar-refractivity contribution in [1.29, 1.82) is 0 Å². The van der Waals surface area contributed by atoms with Gasteiger partial charge in [-0.25, -0.2) is 14.6 Å². The van der Waals surface area contributed by atoms with Gasteiger partial charge in [0.05, 0.1) is 0 Å². The summed E-state index contributed by atoms with van der Waals surface area (Å²) in [5.41, 5.74) is -0.271. The number of rotatable bonds is 5. The van der Waals surface area contributed by atoms with Crippen molar-refractivity contribution in [3.05, 3.63) is 40.6 Å². The first-order valence-corrected chi connectivity index (χ1v) is 8.71. The highest BCUT2D eigenvalue weighted by molar-refractivity contribution is 5.76. The predicted octanol–water partition coefficient (Wildman–Crippen LogP) is 0.122. The molecule has 9 heteroatoms. The summed E-state index contributed by atoms with van der Waals surface area (Å²) in [5, 5.41) is 7.14. The summed E-state index contributed by atoms with van der Waals surface area (Å²) in [6.07, 6.45) is 1.51. The Morgan fingerprint density at radius 2 is 2.00 bits per heavy atom. The number of aryl methyl sites for hydroxylation is 1. The van der Waals surface area contributed by atoms with Gasteiger partial charge in [-0.2, -0.15) is 5.10 Å². The van der Waals surface area contributed by atoms with Gasteiger partial charge in [0.25, 0.3) is 5.56 Å². The van der Waals surface area contributed by atoms with Gasteiger partial charge in [0.15, 0.2) is 0 Å². The molecule has 0 aliphatic carbocycles. The van der Waals surface area contributed by atoms with E-state index >= 15 is 0 Å². The van der Waals surface area contributed by atoms with Crippen LogP contribution < -0.4 is 15.8 Å². The van der Waals surface area contributed by atoms with E-state index in [-0.39, 0.29) is 18.0 Å². The van der Waals surface area contributed by atoms with Crippen LogP contribution in [0.3, 0.4) is 0 Å². The lowest BCUT2D eigenvalue weighted by Crippen LogP contribution is -2.50. The first-order valence-electron chi connectivity index (χ1n) is 8.71. The molecule has 1 aliphatic rings. The monoisotopic (exact) mass is 357 g/mol. The summed E-state index contributed by atoms with van der Waals surface area (Å²) in [5.74, 6) is 2.29. The van der Waals surface area contributed by atoms with Crippen molar-refractivity contribution in [1.82, 2.24) is 24.6 Å². The molecule has 0 saturated carbocycles. The van der Waals surface area contributed by atoms with E-state index in [1.54, 1.807) is 11.0 Å². The molecule has 1 N–H and O–H groups in total. The maximum atomic E-state index is 12.4. The molecule has 1 aliphatic heterocycles. The number of hydrogen-bond acceptors (Lipinski definition) is 7. The van der Waals surface area contributed by atoms with Gasteiger partial charge in [0.1, 0.15) is 24.0 Å². The second kappa shape index (κ2) is 7.94. The number of piperazine rings is 1. The number of hydrogen-bond donors (Lipinski definition) is 1. The minimum Gasteiger partial charge on any atom is -0.370 e. The summed E-state index contributed by atoms with van der Waals surface area (Å²) < 4.78 is 1.19. The molecule has 3 heterocycles. The molecular weight excluding hydrogens is 334 g/mol. The van der Waals surface area contributed by atoms with Crippen molar-refractivity contribution < 1.29 is 4.79 Å². The molecule has 1 fully saturated rings. The highest BCUT2D eigenvalue weighted by Crippen LogP contribution is 2.17. The van der Waals surface area contributed by atoms with Crippen LogP contribution in [0.25, 0.3) is 0 Å². The minimum absolute atomic E-state index is 0.0309. The summed E-state index contributed by atoms with van der Waals surface area (Å²) in [4.78, 5) is 36.9. The highest BCUT2D eigenvalue weighted by Gasteiger charge is 2.23. The van der Waals surface area contributed by atoms with Crippen molar-refractivity contribution in [3.63, 3.8) is 0 Å². The number of aromatic nitrogens is 4. The molecule has 2 aromatic rings.